The number of pyridine rings is 1. The first-order valence-corrected chi connectivity index (χ1v) is 10.5. The number of hydrogen-bond acceptors (Lipinski definition) is 7. The molecule has 2 aromatic carbocycles. The van der Waals surface area contributed by atoms with Crippen molar-refractivity contribution in [3.05, 3.63) is 65.7 Å². The lowest BCUT2D eigenvalue weighted by molar-refractivity contribution is -0.145. The minimum absolute atomic E-state index is 0.0243. The smallest absolute Gasteiger partial charge is 0.411 e. The summed E-state index contributed by atoms with van der Waals surface area (Å²) in [6.07, 6.45) is -2.11. The maximum atomic E-state index is 14.5. The number of nitrogens with one attached hydrogen (secondary N) is 1. The first-order valence-electron chi connectivity index (χ1n) is 10.5. The number of nitrogens with zero attached hydrogens (tertiary/aromatic N) is 1. The van der Waals surface area contributed by atoms with Crippen LogP contribution < -0.4 is 20.5 Å². The summed E-state index contributed by atoms with van der Waals surface area (Å²) >= 11 is 0. The molecular formula is C24H23F2N3O6. The van der Waals surface area contributed by atoms with E-state index in [1.807, 2.05) is 12.1 Å². The molecule has 35 heavy (non-hydrogen) atoms. The van der Waals surface area contributed by atoms with E-state index in [-0.39, 0.29) is 17.9 Å². The van der Waals surface area contributed by atoms with E-state index in [0.29, 0.717) is 18.2 Å². The molecule has 0 bridgehead atoms. The van der Waals surface area contributed by atoms with Crippen LogP contribution in [0.15, 0.2) is 48.5 Å². The van der Waals surface area contributed by atoms with Gasteiger partial charge < -0.3 is 25.1 Å². The summed E-state index contributed by atoms with van der Waals surface area (Å²) in [7, 11) is 1.20. The normalized spacial score (nSPS) is 11.5. The second kappa shape index (κ2) is 11.3. The number of carbonyl (C=O) groups excluding carboxylic acids is 1. The van der Waals surface area contributed by atoms with Crippen LogP contribution in [0.25, 0.3) is 11.1 Å². The SMILES string of the molecule is CCC(Oc1nc(Oc2cc(NC(=O)OC)cc(-c3cccc(CN)c3)c2)c(F)cc1F)C(=O)O. The van der Waals surface area contributed by atoms with Gasteiger partial charge in [-0.3, -0.25) is 5.32 Å². The Balaban J connectivity index is 2.02. The zero-order valence-electron chi connectivity index (χ0n) is 18.9. The number of anilines is 1. The number of rotatable bonds is 9. The van der Waals surface area contributed by atoms with Gasteiger partial charge in [-0.05, 0) is 41.3 Å². The van der Waals surface area contributed by atoms with Crippen LogP contribution in [0.1, 0.15) is 18.9 Å². The molecule has 3 rings (SSSR count). The van der Waals surface area contributed by atoms with Gasteiger partial charge in [0.05, 0.1) is 7.11 Å². The molecule has 0 saturated carbocycles. The largest absolute Gasteiger partial charge is 0.479 e. The molecule has 1 amide bonds. The monoisotopic (exact) mass is 487 g/mol. The van der Waals surface area contributed by atoms with Crippen LogP contribution in [0.2, 0.25) is 0 Å². The van der Waals surface area contributed by atoms with E-state index in [9.17, 15) is 18.4 Å². The van der Waals surface area contributed by atoms with E-state index in [1.165, 1.54) is 20.1 Å². The van der Waals surface area contributed by atoms with Crippen molar-refractivity contribution in [1.82, 2.24) is 4.98 Å². The molecule has 1 aromatic heterocycles. The molecule has 1 heterocycles. The second-order valence-corrected chi connectivity index (χ2v) is 7.28. The Morgan fingerprint density at radius 3 is 2.49 bits per heavy atom. The second-order valence-electron chi connectivity index (χ2n) is 7.28. The van der Waals surface area contributed by atoms with E-state index in [1.54, 1.807) is 24.3 Å². The van der Waals surface area contributed by atoms with E-state index < -0.39 is 41.6 Å². The molecule has 0 aliphatic heterocycles. The summed E-state index contributed by atoms with van der Waals surface area (Å²) in [6.45, 7) is 1.83. The number of hydrogen-bond donors (Lipinski definition) is 3. The van der Waals surface area contributed by atoms with Crippen molar-refractivity contribution in [3.8, 4) is 28.6 Å². The maximum absolute atomic E-state index is 14.5. The Bertz CT molecular complexity index is 1240. The third-order valence-corrected chi connectivity index (χ3v) is 4.81. The molecule has 9 nitrogen and oxygen atoms in total. The molecule has 184 valence electrons. The van der Waals surface area contributed by atoms with Crippen LogP contribution in [-0.2, 0) is 16.1 Å². The molecule has 4 N–H and O–H groups in total. The summed E-state index contributed by atoms with van der Waals surface area (Å²) in [4.78, 5) is 26.7. The average Bonchev–Trinajstić information content (AvgIpc) is 2.84. The van der Waals surface area contributed by atoms with Gasteiger partial charge in [0.2, 0.25) is 0 Å². The van der Waals surface area contributed by atoms with E-state index in [0.717, 1.165) is 11.1 Å². The molecule has 3 aromatic rings. The molecule has 1 atom stereocenters. The quantitative estimate of drug-likeness (QED) is 0.396. The van der Waals surface area contributed by atoms with Gasteiger partial charge in [0.25, 0.3) is 11.8 Å². The summed E-state index contributed by atoms with van der Waals surface area (Å²) in [5, 5.41) is 11.7. The minimum Gasteiger partial charge on any atom is -0.479 e. The van der Waals surface area contributed by atoms with Crippen molar-refractivity contribution in [1.29, 1.82) is 0 Å². The molecule has 0 spiro atoms. The van der Waals surface area contributed by atoms with Crippen molar-refractivity contribution in [3.63, 3.8) is 0 Å². The fourth-order valence-electron chi connectivity index (χ4n) is 3.09. The van der Waals surface area contributed by atoms with Crippen molar-refractivity contribution in [2.24, 2.45) is 5.73 Å². The number of aliphatic carboxylic acids is 1. The highest BCUT2D eigenvalue weighted by molar-refractivity contribution is 5.86. The van der Waals surface area contributed by atoms with Crippen LogP contribution >= 0.6 is 0 Å². The molecule has 0 saturated heterocycles. The van der Waals surface area contributed by atoms with Crippen LogP contribution in [0.5, 0.6) is 17.5 Å². The van der Waals surface area contributed by atoms with E-state index >= 15 is 0 Å². The Hall–Kier alpha value is -4.25. The predicted octanol–water partition coefficient (Wildman–Crippen LogP) is 4.70. The van der Waals surface area contributed by atoms with E-state index in [2.05, 4.69) is 15.0 Å². The fourth-order valence-corrected chi connectivity index (χ4v) is 3.09. The van der Waals surface area contributed by atoms with Crippen LogP contribution in [0.4, 0.5) is 19.3 Å². The number of aromatic nitrogens is 1. The van der Waals surface area contributed by atoms with Gasteiger partial charge in [0.1, 0.15) is 5.75 Å². The molecule has 0 aliphatic carbocycles. The lowest BCUT2D eigenvalue weighted by Gasteiger charge is -2.15. The van der Waals surface area contributed by atoms with E-state index in [4.69, 9.17) is 20.3 Å². The molecular weight excluding hydrogens is 464 g/mol. The van der Waals surface area contributed by atoms with Crippen LogP contribution in [0.3, 0.4) is 0 Å². The number of nitrogens with two attached hydrogens (primary N) is 1. The molecule has 0 aliphatic rings. The Kier molecular flexibility index (Phi) is 8.16. The van der Waals surface area contributed by atoms with Gasteiger partial charge in [0.15, 0.2) is 17.7 Å². The summed E-state index contributed by atoms with van der Waals surface area (Å²) in [5.41, 5.74) is 8.15. The highest BCUT2D eigenvalue weighted by Crippen LogP contribution is 2.33. The highest BCUT2D eigenvalue weighted by Gasteiger charge is 2.22. The zero-order chi connectivity index (χ0) is 25.5. The third-order valence-electron chi connectivity index (χ3n) is 4.81. The number of benzene rings is 2. The van der Waals surface area contributed by atoms with Gasteiger partial charge >= 0.3 is 12.1 Å². The van der Waals surface area contributed by atoms with Crippen molar-refractivity contribution < 1.29 is 37.7 Å². The minimum atomic E-state index is -1.38. The molecule has 11 heteroatoms. The number of carboxylic acid groups (broad SMARTS) is 1. The van der Waals surface area contributed by atoms with Gasteiger partial charge in [-0.25, -0.2) is 18.4 Å². The summed E-state index contributed by atoms with van der Waals surface area (Å²) in [5.74, 6) is -4.99. The average molecular weight is 487 g/mol. The predicted molar refractivity (Wildman–Crippen MR) is 122 cm³/mol. The number of carbonyl (C=O) groups is 2. The lowest BCUT2D eigenvalue weighted by Crippen LogP contribution is -2.26. The third kappa shape index (κ3) is 6.42. The van der Waals surface area contributed by atoms with Crippen molar-refractivity contribution in [2.75, 3.05) is 12.4 Å². The van der Waals surface area contributed by atoms with Crippen LogP contribution in [-0.4, -0.2) is 35.4 Å². The summed E-state index contributed by atoms with van der Waals surface area (Å²) < 4.78 is 43.9. The topological polar surface area (TPSA) is 133 Å². The zero-order valence-corrected chi connectivity index (χ0v) is 18.9. The van der Waals surface area contributed by atoms with Gasteiger partial charge in [0, 0.05) is 24.4 Å². The van der Waals surface area contributed by atoms with Gasteiger partial charge in [-0.15, -0.1) is 0 Å². The highest BCUT2D eigenvalue weighted by atomic mass is 19.1. The van der Waals surface area contributed by atoms with Crippen molar-refractivity contribution in [2.45, 2.75) is 26.0 Å². The first kappa shape index (κ1) is 25.4. The first-order chi connectivity index (χ1) is 16.7. The van der Waals surface area contributed by atoms with Gasteiger partial charge in [-0.1, -0.05) is 25.1 Å². The molecule has 0 fully saturated rings. The lowest BCUT2D eigenvalue weighted by atomic mass is 10.0. The number of ether oxygens (including phenoxy) is 3. The number of halogens is 2. The van der Waals surface area contributed by atoms with Crippen molar-refractivity contribution >= 4 is 17.7 Å². The number of amides is 1. The number of methoxy groups -OCH3 is 1. The maximum Gasteiger partial charge on any atom is 0.411 e. The van der Waals surface area contributed by atoms with Crippen LogP contribution in [0, 0.1) is 11.6 Å². The Morgan fingerprint density at radius 1 is 1.09 bits per heavy atom. The fraction of sp³-hybridized carbons (Fsp3) is 0.208. The molecule has 1 unspecified atom stereocenters. The van der Waals surface area contributed by atoms with Gasteiger partial charge in [-0.2, -0.15) is 4.98 Å². The standard InChI is InChI=1S/C24H23F2N3O6/c1-3-20(23(30)31)35-22-19(26)11-18(25)21(29-22)34-17-9-15(8-16(10-17)28-24(32)33-2)14-6-4-5-13(7-14)12-27/h4-11,20H,3,12,27H2,1-2H3,(H,28,32)(H,30,31). The number of carboxylic acids is 1. The molecule has 0 radical (unpaired) electrons. The summed E-state index contributed by atoms with van der Waals surface area (Å²) in [6, 6.07) is 12.3. The Morgan fingerprint density at radius 2 is 1.83 bits per heavy atom. The Labute approximate surface area is 199 Å².